The Morgan fingerprint density at radius 2 is 1.60 bits per heavy atom. The van der Waals surface area contributed by atoms with E-state index in [1.54, 1.807) is 18.2 Å². The van der Waals surface area contributed by atoms with Crippen molar-refractivity contribution >= 4 is 92.4 Å². The van der Waals surface area contributed by atoms with Gasteiger partial charge in [0.15, 0.2) is 4.32 Å². The lowest BCUT2D eigenvalue weighted by atomic mass is 10.2. The first-order chi connectivity index (χ1) is 11.8. The first kappa shape index (κ1) is 18.8. The Labute approximate surface area is 173 Å². The fourth-order valence-corrected chi connectivity index (χ4v) is 4.24. The maximum atomic E-state index is 12.6. The quantitative estimate of drug-likeness (QED) is 0.426. The van der Waals surface area contributed by atoms with Crippen molar-refractivity contribution in [3.8, 4) is 0 Å². The van der Waals surface area contributed by atoms with E-state index in [1.165, 1.54) is 28.9 Å². The largest absolute Gasteiger partial charge is 0.287 e. The summed E-state index contributed by atoms with van der Waals surface area (Å²) in [4.78, 5) is 13.1. The zero-order chi connectivity index (χ0) is 18.1. The van der Waals surface area contributed by atoms with Gasteiger partial charge in [-0.3, -0.25) is 10.2 Å². The van der Waals surface area contributed by atoms with Crippen LogP contribution in [0.25, 0.3) is 6.08 Å². The van der Waals surface area contributed by atoms with Crippen molar-refractivity contribution in [2.75, 3.05) is 5.43 Å². The van der Waals surface area contributed by atoms with Gasteiger partial charge in [0.1, 0.15) is 0 Å². The summed E-state index contributed by atoms with van der Waals surface area (Å²) in [5.74, 6) is -0.299. The van der Waals surface area contributed by atoms with Crippen LogP contribution in [0.1, 0.15) is 5.56 Å². The number of amides is 1. The number of nitrogens with one attached hydrogen (secondary N) is 1. The molecule has 0 aromatic heterocycles. The van der Waals surface area contributed by atoms with Gasteiger partial charge in [0, 0.05) is 10.0 Å². The van der Waals surface area contributed by atoms with Crippen LogP contribution in [-0.2, 0) is 4.79 Å². The van der Waals surface area contributed by atoms with Crippen molar-refractivity contribution < 1.29 is 4.79 Å². The maximum Gasteiger partial charge on any atom is 0.285 e. The second-order valence-electron chi connectivity index (χ2n) is 4.92. The highest BCUT2D eigenvalue weighted by Crippen LogP contribution is 2.37. The fraction of sp³-hybridized carbons (Fsp3) is 0. The lowest BCUT2D eigenvalue weighted by Crippen LogP contribution is -2.34. The minimum Gasteiger partial charge on any atom is -0.287 e. The highest BCUT2D eigenvalue weighted by Gasteiger charge is 2.33. The van der Waals surface area contributed by atoms with E-state index in [0.29, 0.717) is 25.0 Å². The number of hydrazine groups is 1. The van der Waals surface area contributed by atoms with E-state index in [2.05, 4.69) is 5.43 Å². The van der Waals surface area contributed by atoms with Crippen LogP contribution in [0.5, 0.6) is 0 Å². The summed E-state index contributed by atoms with van der Waals surface area (Å²) in [6, 6.07) is 10.2. The first-order valence-electron chi connectivity index (χ1n) is 6.80. The number of anilines is 1. The van der Waals surface area contributed by atoms with Gasteiger partial charge in [-0.1, -0.05) is 70.3 Å². The molecule has 1 saturated heterocycles. The van der Waals surface area contributed by atoms with Gasteiger partial charge < -0.3 is 0 Å². The molecule has 2 aromatic rings. The second kappa shape index (κ2) is 7.74. The zero-order valence-electron chi connectivity index (χ0n) is 12.2. The summed E-state index contributed by atoms with van der Waals surface area (Å²) in [6.45, 7) is 0. The molecule has 1 aliphatic heterocycles. The molecule has 9 heteroatoms. The fourth-order valence-electron chi connectivity index (χ4n) is 2.04. The standard InChI is InChI=1S/C16H8Cl4N2OS2/c17-9-3-1-8(2-4-9)5-13-15(23)22(16(24)25-13)21-14-11(19)6-10(18)7-12(14)20/h1-7,21H/b13-5+. The summed E-state index contributed by atoms with van der Waals surface area (Å²) < 4.78 is 0.340. The normalized spacial score (nSPS) is 16.0. The van der Waals surface area contributed by atoms with Crippen LogP contribution in [0.15, 0.2) is 41.3 Å². The number of rotatable bonds is 3. The Morgan fingerprint density at radius 3 is 2.20 bits per heavy atom. The molecule has 2 aromatic carbocycles. The summed E-state index contributed by atoms with van der Waals surface area (Å²) in [5.41, 5.74) is 4.06. The lowest BCUT2D eigenvalue weighted by Gasteiger charge is -2.19. The third-order valence-electron chi connectivity index (χ3n) is 3.19. The van der Waals surface area contributed by atoms with Gasteiger partial charge in [-0.05, 0) is 48.1 Å². The smallest absolute Gasteiger partial charge is 0.285 e. The molecule has 0 atom stereocenters. The minimum atomic E-state index is -0.299. The van der Waals surface area contributed by atoms with Crippen LogP contribution < -0.4 is 5.43 Å². The molecule has 1 heterocycles. The Bertz CT molecular complexity index is 877. The Kier molecular flexibility index (Phi) is 5.83. The van der Waals surface area contributed by atoms with Crippen LogP contribution in [0.3, 0.4) is 0 Å². The molecule has 0 saturated carbocycles. The Balaban J connectivity index is 1.86. The van der Waals surface area contributed by atoms with Crippen LogP contribution in [0.4, 0.5) is 5.69 Å². The predicted molar refractivity (Wildman–Crippen MR) is 112 cm³/mol. The SMILES string of the molecule is O=C1/C(=C\c2ccc(Cl)cc2)SC(=S)N1Nc1c(Cl)cc(Cl)cc1Cl. The average Bonchev–Trinajstić information content (AvgIpc) is 2.80. The van der Waals surface area contributed by atoms with Crippen molar-refractivity contribution in [3.05, 3.63) is 67.0 Å². The molecule has 0 radical (unpaired) electrons. The summed E-state index contributed by atoms with van der Waals surface area (Å²) >= 11 is 30.5. The number of hydrogen-bond donors (Lipinski definition) is 1. The van der Waals surface area contributed by atoms with Crippen molar-refractivity contribution in [2.24, 2.45) is 0 Å². The summed E-state index contributed by atoms with van der Waals surface area (Å²) in [7, 11) is 0. The van der Waals surface area contributed by atoms with Crippen LogP contribution in [0, 0.1) is 0 Å². The summed E-state index contributed by atoms with van der Waals surface area (Å²) in [6.07, 6.45) is 1.74. The Hall–Kier alpha value is -0.950. The summed E-state index contributed by atoms with van der Waals surface area (Å²) in [5, 5.41) is 2.82. The van der Waals surface area contributed by atoms with Crippen LogP contribution in [-0.4, -0.2) is 15.2 Å². The molecule has 0 unspecified atom stereocenters. The van der Waals surface area contributed by atoms with Gasteiger partial charge in [0.05, 0.1) is 20.6 Å². The van der Waals surface area contributed by atoms with Crippen molar-refractivity contribution in [3.63, 3.8) is 0 Å². The molecule has 1 aliphatic rings. The number of hydrogen-bond acceptors (Lipinski definition) is 4. The zero-order valence-corrected chi connectivity index (χ0v) is 16.9. The number of halogens is 4. The number of benzene rings is 2. The second-order valence-corrected chi connectivity index (χ2v) is 8.29. The third-order valence-corrected chi connectivity index (χ3v) is 5.56. The van der Waals surface area contributed by atoms with Crippen LogP contribution >= 0.6 is 70.4 Å². The van der Waals surface area contributed by atoms with E-state index < -0.39 is 0 Å². The van der Waals surface area contributed by atoms with Crippen molar-refractivity contribution in [1.29, 1.82) is 0 Å². The van der Waals surface area contributed by atoms with Crippen molar-refractivity contribution in [1.82, 2.24) is 5.01 Å². The van der Waals surface area contributed by atoms with Gasteiger partial charge in [0.2, 0.25) is 0 Å². The number of carbonyl (C=O) groups is 1. The average molecular weight is 450 g/mol. The van der Waals surface area contributed by atoms with Gasteiger partial charge in [0.25, 0.3) is 5.91 Å². The molecule has 1 fully saturated rings. The predicted octanol–water partition coefficient (Wildman–Crippen LogP) is 6.53. The first-order valence-corrected chi connectivity index (χ1v) is 9.53. The number of thioether (sulfide) groups is 1. The molecule has 3 rings (SSSR count). The lowest BCUT2D eigenvalue weighted by molar-refractivity contribution is -0.121. The third kappa shape index (κ3) is 4.25. The van der Waals surface area contributed by atoms with Gasteiger partial charge in [-0.2, -0.15) is 0 Å². The minimum absolute atomic E-state index is 0.285. The van der Waals surface area contributed by atoms with E-state index in [4.69, 9.17) is 58.6 Å². The molecule has 0 spiro atoms. The molecular weight excluding hydrogens is 442 g/mol. The molecular formula is C16H8Cl4N2OS2. The molecule has 0 bridgehead atoms. The Morgan fingerprint density at radius 1 is 1.00 bits per heavy atom. The highest BCUT2D eigenvalue weighted by atomic mass is 35.5. The van der Waals surface area contributed by atoms with E-state index >= 15 is 0 Å². The number of thiocarbonyl (C=S) groups is 1. The molecule has 1 N–H and O–H groups in total. The van der Waals surface area contributed by atoms with Crippen molar-refractivity contribution in [2.45, 2.75) is 0 Å². The molecule has 25 heavy (non-hydrogen) atoms. The number of carbonyl (C=O) groups excluding carboxylic acids is 1. The van der Waals surface area contributed by atoms with E-state index in [1.807, 2.05) is 12.1 Å². The monoisotopic (exact) mass is 448 g/mol. The van der Waals surface area contributed by atoms with E-state index in [0.717, 1.165) is 5.56 Å². The molecule has 3 nitrogen and oxygen atoms in total. The molecule has 0 aliphatic carbocycles. The topological polar surface area (TPSA) is 32.3 Å². The van der Waals surface area contributed by atoms with Gasteiger partial charge in [-0.25, -0.2) is 5.01 Å². The molecule has 128 valence electrons. The van der Waals surface area contributed by atoms with Gasteiger partial charge >= 0.3 is 0 Å². The van der Waals surface area contributed by atoms with E-state index in [-0.39, 0.29) is 16.0 Å². The van der Waals surface area contributed by atoms with Crippen LogP contribution in [0.2, 0.25) is 20.1 Å². The highest BCUT2D eigenvalue weighted by molar-refractivity contribution is 8.26. The van der Waals surface area contributed by atoms with Gasteiger partial charge in [-0.15, -0.1) is 0 Å². The maximum absolute atomic E-state index is 12.6. The van der Waals surface area contributed by atoms with E-state index in [9.17, 15) is 4.79 Å². The number of nitrogens with zero attached hydrogens (tertiary/aromatic N) is 1. The molecule has 1 amide bonds.